The van der Waals surface area contributed by atoms with Crippen LogP contribution in [0.4, 0.5) is 0 Å². The highest BCUT2D eigenvalue weighted by Gasteiger charge is 2.19. The van der Waals surface area contributed by atoms with Gasteiger partial charge in [0.25, 0.3) is 0 Å². The number of aromatic amines is 1. The van der Waals surface area contributed by atoms with Gasteiger partial charge in [0.1, 0.15) is 16.9 Å². The molecule has 2 heterocycles. The molecule has 0 radical (unpaired) electrons. The molecule has 0 saturated heterocycles. The van der Waals surface area contributed by atoms with Crippen LogP contribution in [-0.2, 0) is 0 Å². The fraction of sp³-hybridized carbons (Fsp3) is 0.0435. The molecule has 6 aromatic rings. The second-order valence-electron chi connectivity index (χ2n) is 6.63. The number of aromatic nitrogens is 1. The van der Waals surface area contributed by atoms with Crippen molar-refractivity contribution in [1.82, 2.24) is 4.98 Å². The molecule has 0 spiro atoms. The van der Waals surface area contributed by atoms with Crippen molar-refractivity contribution in [3.05, 3.63) is 66.7 Å². The summed E-state index contributed by atoms with van der Waals surface area (Å²) < 4.78 is 11.8. The Morgan fingerprint density at radius 3 is 2.38 bits per heavy atom. The molecule has 1 N–H and O–H groups in total. The number of rotatable bonds is 1. The van der Waals surface area contributed by atoms with Crippen molar-refractivity contribution < 1.29 is 9.15 Å². The van der Waals surface area contributed by atoms with E-state index >= 15 is 0 Å². The average molecular weight is 337 g/mol. The first-order valence-electron chi connectivity index (χ1n) is 8.66. The predicted octanol–water partition coefficient (Wildman–Crippen LogP) is 6.38. The SMILES string of the molecule is COc1ccc2[nH]c3c4ccccc4c4c5ccccc5oc4c3c2c1. The fourth-order valence-electron chi connectivity index (χ4n) is 4.14. The lowest BCUT2D eigenvalue weighted by Gasteiger charge is -2.03. The molecule has 0 aliphatic heterocycles. The number of benzene rings is 4. The Balaban J connectivity index is 2.01. The molecule has 0 fully saturated rings. The lowest BCUT2D eigenvalue weighted by molar-refractivity contribution is 0.415. The van der Waals surface area contributed by atoms with E-state index in [0.717, 1.165) is 44.1 Å². The molecule has 0 amide bonds. The minimum absolute atomic E-state index is 0.843. The normalized spacial score (nSPS) is 12.0. The van der Waals surface area contributed by atoms with Crippen LogP contribution in [0.2, 0.25) is 0 Å². The Bertz CT molecular complexity index is 1470. The second-order valence-corrected chi connectivity index (χ2v) is 6.63. The number of furan rings is 1. The van der Waals surface area contributed by atoms with Crippen molar-refractivity contribution in [1.29, 1.82) is 0 Å². The van der Waals surface area contributed by atoms with Gasteiger partial charge in [0.2, 0.25) is 0 Å². The van der Waals surface area contributed by atoms with Crippen LogP contribution in [-0.4, -0.2) is 12.1 Å². The number of methoxy groups -OCH3 is 1. The monoisotopic (exact) mass is 337 g/mol. The topological polar surface area (TPSA) is 38.2 Å². The van der Waals surface area contributed by atoms with E-state index in [-0.39, 0.29) is 0 Å². The molecule has 26 heavy (non-hydrogen) atoms. The van der Waals surface area contributed by atoms with E-state index in [4.69, 9.17) is 9.15 Å². The molecule has 0 saturated carbocycles. The summed E-state index contributed by atoms with van der Waals surface area (Å²) >= 11 is 0. The van der Waals surface area contributed by atoms with Gasteiger partial charge in [-0.25, -0.2) is 0 Å². The first-order valence-corrected chi connectivity index (χ1v) is 8.66. The number of H-pyrrole nitrogens is 1. The van der Waals surface area contributed by atoms with E-state index in [0.29, 0.717) is 0 Å². The van der Waals surface area contributed by atoms with E-state index in [1.165, 1.54) is 16.2 Å². The highest BCUT2D eigenvalue weighted by molar-refractivity contribution is 6.34. The number of hydrogen-bond acceptors (Lipinski definition) is 2. The van der Waals surface area contributed by atoms with E-state index in [9.17, 15) is 0 Å². The Labute approximate surface area is 148 Å². The highest BCUT2D eigenvalue weighted by Crippen LogP contribution is 2.43. The maximum Gasteiger partial charge on any atom is 0.146 e. The zero-order valence-corrected chi connectivity index (χ0v) is 14.2. The molecule has 124 valence electrons. The summed E-state index contributed by atoms with van der Waals surface area (Å²) in [6.07, 6.45) is 0. The minimum atomic E-state index is 0.843. The Morgan fingerprint density at radius 1 is 0.769 bits per heavy atom. The zero-order chi connectivity index (χ0) is 17.3. The van der Waals surface area contributed by atoms with Crippen LogP contribution in [0.5, 0.6) is 5.75 Å². The first kappa shape index (κ1) is 13.8. The van der Waals surface area contributed by atoms with Gasteiger partial charge in [-0.05, 0) is 29.7 Å². The van der Waals surface area contributed by atoms with Crippen molar-refractivity contribution in [3.8, 4) is 5.75 Å². The number of fused-ring (bicyclic) bond motifs is 10. The molecule has 0 atom stereocenters. The fourth-order valence-corrected chi connectivity index (χ4v) is 4.14. The van der Waals surface area contributed by atoms with Gasteiger partial charge in [-0.3, -0.25) is 0 Å². The molecule has 2 aromatic heterocycles. The third kappa shape index (κ3) is 1.62. The molecule has 0 aliphatic rings. The predicted molar refractivity (Wildman–Crippen MR) is 107 cm³/mol. The summed E-state index contributed by atoms with van der Waals surface area (Å²) in [5, 5.41) is 6.97. The Morgan fingerprint density at radius 2 is 1.54 bits per heavy atom. The summed E-state index contributed by atoms with van der Waals surface area (Å²) in [7, 11) is 1.70. The third-order valence-electron chi connectivity index (χ3n) is 5.29. The molecule has 6 rings (SSSR count). The third-order valence-corrected chi connectivity index (χ3v) is 5.29. The molecule has 3 nitrogen and oxygen atoms in total. The lowest BCUT2D eigenvalue weighted by Crippen LogP contribution is -1.81. The maximum atomic E-state index is 6.35. The molecule has 4 aromatic carbocycles. The Kier molecular flexibility index (Phi) is 2.54. The van der Waals surface area contributed by atoms with Crippen molar-refractivity contribution in [2.45, 2.75) is 0 Å². The number of hydrogen-bond donors (Lipinski definition) is 1. The van der Waals surface area contributed by atoms with Crippen LogP contribution in [0.1, 0.15) is 0 Å². The average Bonchev–Trinajstić information content (AvgIpc) is 3.26. The second kappa shape index (κ2) is 4.79. The van der Waals surface area contributed by atoms with Gasteiger partial charge in [0.15, 0.2) is 0 Å². The van der Waals surface area contributed by atoms with Crippen LogP contribution in [0.3, 0.4) is 0 Å². The van der Waals surface area contributed by atoms with E-state index in [2.05, 4.69) is 53.5 Å². The van der Waals surface area contributed by atoms with Gasteiger partial charge in [-0.1, -0.05) is 42.5 Å². The van der Waals surface area contributed by atoms with Crippen molar-refractivity contribution in [2.24, 2.45) is 0 Å². The minimum Gasteiger partial charge on any atom is -0.497 e. The smallest absolute Gasteiger partial charge is 0.146 e. The standard InChI is InChI=1S/C23H15NO2/c1-25-13-10-11-18-17(12-13)21-22(24-18)15-7-3-2-6-14(15)20-16-8-4-5-9-19(16)26-23(20)21/h2-12,24H,1H3. The van der Waals surface area contributed by atoms with Gasteiger partial charge in [-0.15, -0.1) is 0 Å². The number of nitrogens with one attached hydrogen (secondary N) is 1. The van der Waals surface area contributed by atoms with Gasteiger partial charge >= 0.3 is 0 Å². The molecule has 0 unspecified atom stereocenters. The van der Waals surface area contributed by atoms with Gasteiger partial charge in [-0.2, -0.15) is 0 Å². The summed E-state index contributed by atoms with van der Waals surface area (Å²) in [4.78, 5) is 3.59. The van der Waals surface area contributed by atoms with Crippen molar-refractivity contribution in [2.75, 3.05) is 7.11 Å². The van der Waals surface area contributed by atoms with Crippen molar-refractivity contribution in [3.63, 3.8) is 0 Å². The largest absolute Gasteiger partial charge is 0.497 e. The lowest BCUT2D eigenvalue weighted by atomic mass is 9.99. The van der Waals surface area contributed by atoms with Gasteiger partial charge < -0.3 is 14.1 Å². The highest BCUT2D eigenvalue weighted by atomic mass is 16.5. The van der Waals surface area contributed by atoms with E-state index < -0.39 is 0 Å². The number of ether oxygens (including phenoxy) is 1. The molecule has 3 heteroatoms. The summed E-state index contributed by atoms with van der Waals surface area (Å²) in [6.45, 7) is 0. The van der Waals surface area contributed by atoms with Crippen LogP contribution in [0, 0.1) is 0 Å². The van der Waals surface area contributed by atoms with Crippen LogP contribution >= 0.6 is 0 Å². The van der Waals surface area contributed by atoms with Crippen LogP contribution in [0.25, 0.3) is 54.5 Å². The first-order chi connectivity index (χ1) is 12.8. The maximum absolute atomic E-state index is 6.35. The molecule has 0 aliphatic carbocycles. The van der Waals surface area contributed by atoms with E-state index in [1.54, 1.807) is 7.11 Å². The van der Waals surface area contributed by atoms with Gasteiger partial charge in [0.05, 0.1) is 18.0 Å². The van der Waals surface area contributed by atoms with E-state index in [1.807, 2.05) is 18.2 Å². The quantitative estimate of drug-likeness (QED) is 0.378. The zero-order valence-electron chi connectivity index (χ0n) is 14.2. The molecular weight excluding hydrogens is 322 g/mol. The Hall–Kier alpha value is -3.46. The number of para-hydroxylation sites is 1. The summed E-state index contributed by atoms with van der Waals surface area (Å²) in [5.41, 5.74) is 4.03. The van der Waals surface area contributed by atoms with Crippen LogP contribution < -0.4 is 4.74 Å². The summed E-state index contributed by atoms with van der Waals surface area (Å²) in [5.74, 6) is 0.843. The van der Waals surface area contributed by atoms with Gasteiger partial charge in [0, 0.05) is 27.1 Å². The summed E-state index contributed by atoms with van der Waals surface area (Å²) in [6, 6.07) is 22.9. The van der Waals surface area contributed by atoms with Crippen molar-refractivity contribution >= 4 is 54.5 Å². The molecule has 0 bridgehead atoms. The van der Waals surface area contributed by atoms with Crippen LogP contribution in [0.15, 0.2) is 71.1 Å². The molecular formula is C23H15NO2.